The molecule has 0 radical (unpaired) electrons. The summed E-state index contributed by atoms with van der Waals surface area (Å²) in [6.07, 6.45) is -2.88. The average Bonchev–Trinajstić information content (AvgIpc) is 2.95. The van der Waals surface area contributed by atoms with Crippen molar-refractivity contribution in [1.82, 2.24) is 0 Å². The number of halogens is 3. The molecule has 0 fully saturated rings. The maximum absolute atomic E-state index is 14.4. The normalized spacial score (nSPS) is 15.5. The standard InChI is InChI=1S/C33H53Cl3O8Si/c1-11-45(12-2,13-3)44-26(19-27(37)43-31(6,7)8)32(9,10)29(38)24(5)28(42-30(39)41-22-33(34,35)36)23(4)20-40-21-25-17-15-14-16-18-25/h14-18,23-24,26,28H,11-13,19-22H2,1-10H3. The van der Waals surface area contributed by atoms with Gasteiger partial charge in [0.15, 0.2) is 8.32 Å². The third kappa shape index (κ3) is 14.5. The van der Waals surface area contributed by atoms with Crippen LogP contribution in [-0.2, 0) is 39.6 Å². The Balaban J connectivity index is 3.36. The fourth-order valence-corrected chi connectivity index (χ4v) is 8.35. The number of Topliss-reactive ketones (excluding diaryl/α,β-unsaturated/α-hetero) is 1. The molecule has 0 amide bonds. The van der Waals surface area contributed by atoms with Crippen molar-refractivity contribution in [2.45, 2.75) is 122 Å². The second-order valence-corrected chi connectivity index (χ2v) is 20.5. The lowest BCUT2D eigenvalue weighted by Gasteiger charge is -2.42. The molecule has 0 aliphatic carbocycles. The van der Waals surface area contributed by atoms with Gasteiger partial charge in [-0.05, 0) is 44.5 Å². The molecular weight excluding hydrogens is 659 g/mol. The summed E-state index contributed by atoms with van der Waals surface area (Å²) in [7, 11) is -2.27. The fraction of sp³-hybridized carbons (Fsp3) is 0.727. The van der Waals surface area contributed by atoms with Gasteiger partial charge in [-0.25, -0.2) is 4.79 Å². The number of carbonyl (C=O) groups excluding carboxylic acids is 3. The molecule has 0 saturated heterocycles. The number of esters is 1. The first-order valence-electron chi connectivity index (χ1n) is 15.7. The van der Waals surface area contributed by atoms with E-state index in [0.29, 0.717) is 6.61 Å². The number of ether oxygens (including phenoxy) is 4. The highest BCUT2D eigenvalue weighted by molar-refractivity contribution is 6.73. The molecule has 0 saturated carbocycles. The maximum atomic E-state index is 14.4. The Bertz CT molecular complexity index is 1060. The Morgan fingerprint density at radius 2 is 1.44 bits per heavy atom. The SMILES string of the molecule is CC[Si](CC)(CC)OC(CC(=O)OC(C)(C)C)C(C)(C)C(=O)C(C)C(OC(=O)OCC(Cl)(Cl)Cl)C(C)COCc1ccccc1. The van der Waals surface area contributed by atoms with E-state index in [-0.39, 0.29) is 18.8 Å². The largest absolute Gasteiger partial charge is 0.508 e. The smallest absolute Gasteiger partial charge is 0.460 e. The third-order valence-electron chi connectivity index (χ3n) is 8.08. The van der Waals surface area contributed by atoms with Crippen molar-refractivity contribution in [3.05, 3.63) is 35.9 Å². The zero-order valence-electron chi connectivity index (χ0n) is 28.5. The number of carbonyl (C=O) groups is 3. The van der Waals surface area contributed by atoms with Crippen LogP contribution in [0.1, 0.15) is 81.2 Å². The van der Waals surface area contributed by atoms with Gasteiger partial charge in [-0.1, -0.05) is 114 Å². The van der Waals surface area contributed by atoms with Crippen LogP contribution in [0.3, 0.4) is 0 Å². The van der Waals surface area contributed by atoms with Gasteiger partial charge in [0, 0.05) is 11.3 Å². The zero-order valence-corrected chi connectivity index (χ0v) is 31.8. The topological polar surface area (TPSA) is 97.4 Å². The van der Waals surface area contributed by atoms with Gasteiger partial charge < -0.3 is 23.4 Å². The minimum atomic E-state index is -2.27. The highest BCUT2D eigenvalue weighted by Crippen LogP contribution is 2.38. The van der Waals surface area contributed by atoms with Crippen LogP contribution in [0, 0.1) is 17.3 Å². The summed E-state index contributed by atoms with van der Waals surface area (Å²) >= 11 is 17.3. The molecule has 0 aliphatic heterocycles. The minimum Gasteiger partial charge on any atom is -0.460 e. The van der Waals surface area contributed by atoms with Crippen LogP contribution >= 0.6 is 34.8 Å². The summed E-state index contributed by atoms with van der Waals surface area (Å²) in [5, 5.41) is 0. The number of alkyl halides is 3. The number of hydrogen-bond donors (Lipinski definition) is 0. The molecule has 1 rings (SSSR count). The van der Waals surface area contributed by atoms with Gasteiger partial charge in [0.25, 0.3) is 0 Å². The Morgan fingerprint density at radius 3 is 1.93 bits per heavy atom. The lowest BCUT2D eigenvalue weighted by Crippen LogP contribution is -2.52. The Morgan fingerprint density at radius 1 is 0.889 bits per heavy atom. The number of benzene rings is 1. The molecule has 1 aromatic carbocycles. The van der Waals surface area contributed by atoms with Gasteiger partial charge in [0.2, 0.25) is 3.79 Å². The summed E-state index contributed by atoms with van der Waals surface area (Å²) in [5.74, 6) is -1.94. The van der Waals surface area contributed by atoms with Crippen molar-refractivity contribution in [2.75, 3.05) is 13.2 Å². The van der Waals surface area contributed by atoms with Gasteiger partial charge in [-0.3, -0.25) is 9.59 Å². The van der Waals surface area contributed by atoms with Crippen LogP contribution < -0.4 is 0 Å². The van der Waals surface area contributed by atoms with E-state index in [1.807, 2.05) is 37.3 Å². The van der Waals surface area contributed by atoms with Crippen molar-refractivity contribution in [2.24, 2.45) is 17.3 Å². The van der Waals surface area contributed by atoms with Crippen LogP contribution in [0.5, 0.6) is 0 Å². The van der Waals surface area contributed by atoms with Crippen LogP contribution in [-0.4, -0.2) is 61.0 Å². The molecule has 1 aromatic rings. The van der Waals surface area contributed by atoms with Crippen molar-refractivity contribution in [3.63, 3.8) is 0 Å². The Labute approximate surface area is 286 Å². The predicted molar refractivity (Wildman–Crippen MR) is 182 cm³/mol. The number of rotatable bonds is 18. The van der Waals surface area contributed by atoms with E-state index in [0.717, 1.165) is 23.7 Å². The highest BCUT2D eigenvalue weighted by Gasteiger charge is 2.48. The molecule has 4 unspecified atom stereocenters. The molecule has 0 heterocycles. The summed E-state index contributed by atoms with van der Waals surface area (Å²) in [4.78, 5) is 40.3. The highest BCUT2D eigenvalue weighted by atomic mass is 35.6. The lowest BCUT2D eigenvalue weighted by atomic mass is 9.73. The van der Waals surface area contributed by atoms with E-state index in [4.69, 9.17) is 58.2 Å². The molecular formula is C33H53Cl3O8Si. The first kappa shape index (κ1) is 41.7. The summed E-state index contributed by atoms with van der Waals surface area (Å²) < 4.78 is 27.4. The molecule has 0 bridgehead atoms. The molecule has 258 valence electrons. The van der Waals surface area contributed by atoms with Crippen molar-refractivity contribution in [3.8, 4) is 0 Å². The van der Waals surface area contributed by atoms with E-state index >= 15 is 0 Å². The second kappa shape index (κ2) is 18.3. The van der Waals surface area contributed by atoms with Gasteiger partial charge in [-0.15, -0.1) is 0 Å². The Hall–Kier alpha value is -1.36. The minimum absolute atomic E-state index is 0.0932. The number of hydrogen-bond acceptors (Lipinski definition) is 8. The third-order valence-corrected chi connectivity index (χ3v) is 13.1. The zero-order chi connectivity index (χ0) is 34.6. The summed E-state index contributed by atoms with van der Waals surface area (Å²) in [5.41, 5.74) is -0.868. The summed E-state index contributed by atoms with van der Waals surface area (Å²) in [6.45, 7) is 18.7. The second-order valence-electron chi connectivity index (χ2n) is 13.2. The maximum Gasteiger partial charge on any atom is 0.508 e. The van der Waals surface area contributed by atoms with Crippen LogP contribution in [0.25, 0.3) is 0 Å². The molecule has 0 spiro atoms. The van der Waals surface area contributed by atoms with Crippen LogP contribution in [0.2, 0.25) is 18.1 Å². The monoisotopic (exact) mass is 710 g/mol. The quantitative estimate of drug-likeness (QED) is 0.0845. The molecule has 4 atom stereocenters. The van der Waals surface area contributed by atoms with E-state index in [1.54, 1.807) is 41.5 Å². The first-order valence-corrected chi connectivity index (χ1v) is 19.3. The molecule has 0 aliphatic rings. The van der Waals surface area contributed by atoms with Crippen molar-refractivity contribution in [1.29, 1.82) is 0 Å². The summed E-state index contributed by atoms with van der Waals surface area (Å²) in [6, 6.07) is 12.1. The van der Waals surface area contributed by atoms with Crippen molar-refractivity contribution >= 4 is 61.0 Å². The molecule has 45 heavy (non-hydrogen) atoms. The van der Waals surface area contributed by atoms with Gasteiger partial charge in [-0.2, -0.15) is 0 Å². The van der Waals surface area contributed by atoms with Crippen LogP contribution in [0.4, 0.5) is 4.79 Å². The number of ketones is 1. The molecule has 0 N–H and O–H groups in total. The Kier molecular flexibility index (Phi) is 16.9. The van der Waals surface area contributed by atoms with Gasteiger partial charge >= 0.3 is 12.1 Å². The lowest BCUT2D eigenvalue weighted by molar-refractivity contribution is -0.160. The van der Waals surface area contributed by atoms with Gasteiger partial charge in [0.05, 0.1) is 31.7 Å². The molecule has 0 aromatic heterocycles. The molecule has 12 heteroatoms. The fourth-order valence-electron chi connectivity index (χ4n) is 5.20. The molecule has 8 nitrogen and oxygen atoms in total. The van der Waals surface area contributed by atoms with E-state index < -0.39 is 65.9 Å². The predicted octanol–water partition coefficient (Wildman–Crippen LogP) is 9.08. The van der Waals surface area contributed by atoms with E-state index in [9.17, 15) is 14.4 Å². The van der Waals surface area contributed by atoms with Crippen LogP contribution in [0.15, 0.2) is 30.3 Å². The average molecular weight is 712 g/mol. The van der Waals surface area contributed by atoms with Crippen molar-refractivity contribution < 1.29 is 37.8 Å². The van der Waals surface area contributed by atoms with E-state index in [2.05, 4.69) is 20.8 Å². The first-order chi connectivity index (χ1) is 20.7. The van der Waals surface area contributed by atoms with E-state index in [1.165, 1.54) is 0 Å². The van der Waals surface area contributed by atoms with Gasteiger partial charge in [0.1, 0.15) is 24.1 Å².